The molecule has 0 atom stereocenters. The van der Waals surface area contributed by atoms with Gasteiger partial charge in [0.05, 0.1) is 23.7 Å². The van der Waals surface area contributed by atoms with E-state index in [4.69, 9.17) is 21.1 Å². The topological polar surface area (TPSA) is 99.0 Å². The number of Topliss-reactive ketones (excluding diaryl/α,β-unsaturated/α-hetero) is 1. The van der Waals surface area contributed by atoms with Crippen LogP contribution < -0.4 is 4.90 Å². The molecular weight excluding hydrogens is 388 g/mol. The maximum Gasteiger partial charge on any atom is 0.338 e. The van der Waals surface area contributed by atoms with E-state index in [0.29, 0.717) is 42.6 Å². The van der Waals surface area contributed by atoms with Crippen LogP contribution in [0.15, 0.2) is 42.5 Å². The van der Waals surface area contributed by atoms with Gasteiger partial charge >= 0.3 is 5.97 Å². The number of hydrogen-bond acceptors (Lipinski definition) is 7. The van der Waals surface area contributed by atoms with Gasteiger partial charge in [-0.05, 0) is 36.4 Å². The van der Waals surface area contributed by atoms with Crippen LogP contribution >= 0.6 is 11.6 Å². The Hall–Kier alpha value is -2.97. The zero-order valence-corrected chi connectivity index (χ0v) is 15.6. The average Bonchev–Trinajstić information content (AvgIpc) is 2.72. The molecule has 3 rings (SSSR count). The molecule has 0 radical (unpaired) electrons. The van der Waals surface area contributed by atoms with Crippen LogP contribution in [0.25, 0.3) is 0 Å². The second-order valence-corrected chi connectivity index (χ2v) is 6.50. The highest BCUT2D eigenvalue weighted by molar-refractivity contribution is 6.30. The number of benzene rings is 2. The molecule has 0 amide bonds. The minimum atomic E-state index is -0.807. The largest absolute Gasteiger partial charge is 0.454 e. The molecule has 0 aromatic heterocycles. The predicted octanol–water partition coefficient (Wildman–Crippen LogP) is 3.12. The highest BCUT2D eigenvalue weighted by Gasteiger charge is 2.24. The van der Waals surface area contributed by atoms with Gasteiger partial charge < -0.3 is 14.4 Å². The van der Waals surface area contributed by atoms with Crippen LogP contribution in [0, 0.1) is 10.1 Å². The molecule has 0 saturated carbocycles. The minimum Gasteiger partial charge on any atom is -0.454 e. The zero-order chi connectivity index (χ0) is 20.1. The third kappa shape index (κ3) is 4.65. The molecule has 2 aromatic rings. The van der Waals surface area contributed by atoms with Gasteiger partial charge in [0.25, 0.3) is 5.69 Å². The molecule has 0 aliphatic carbocycles. The molecule has 0 bridgehead atoms. The Morgan fingerprint density at radius 1 is 1.11 bits per heavy atom. The molecule has 1 fully saturated rings. The number of rotatable bonds is 6. The van der Waals surface area contributed by atoms with Gasteiger partial charge in [0.15, 0.2) is 12.4 Å². The van der Waals surface area contributed by atoms with Crippen molar-refractivity contribution in [2.45, 2.75) is 0 Å². The Bertz CT molecular complexity index is 894. The number of nitro groups is 1. The summed E-state index contributed by atoms with van der Waals surface area (Å²) in [4.78, 5) is 37.1. The number of hydrogen-bond donors (Lipinski definition) is 0. The first kappa shape index (κ1) is 19.8. The van der Waals surface area contributed by atoms with E-state index in [2.05, 4.69) is 0 Å². The van der Waals surface area contributed by atoms with Crippen molar-refractivity contribution < 1.29 is 24.0 Å². The van der Waals surface area contributed by atoms with Crippen LogP contribution in [0.1, 0.15) is 20.7 Å². The standard InChI is InChI=1S/C19H17ClN2O6/c20-15-4-1-13(2-5-15)18(23)12-28-19(24)14-3-6-16(17(11-14)22(25)26)21-7-9-27-10-8-21/h1-6,11H,7-10,12H2. The fourth-order valence-corrected chi connectivity index (χ4v) is 2.93. The first-order chi connectivity index (χ1) is 13.5. The summed E-state index contributed by atoms with van der Waals surface area (Å²) in [6.07, 6.45) is 0. The molecule has 8 nitrogen and oxygen atoms in total. The molecule has 0 N–H and O–H groups in total. The SMILES string of the molecule is O=C(COC(=O)c1ccc(N2CCOCC2)c([N+](=O)[O-])c1)c1ccc(Cl)cc1. The number of carbonyl (C=O) groups excluding carboxylic acids is 2. The Morgan fingerprint density at radius 2 is 1.75 bits per heavy atom. The maximum atomic E-state index is 12.2. The van der Waals surface area contributed by atoms with Crippen LogP contribution in [0.2, 0.25) is 5.02 Å². The van der Waals surface area contributed by atoms with Crippen LogP contribution in [0.4, 0.5) is 11.4 Å². The Balaban J connectivity index is 1.70. The number of carbonyl (C=O) groups is 2. The molecule has 0 unspecified atom stereocenters. The second kappa shape index (κ2) is 8.81. The van der Waals surface area contributed by atoms with Crippen LogP contribution in [-0.2, 0) is 9.47 Å². The summed E-state index contributed by atoms with van der Waals surface area (Å²) >= 11 is 5.77. The molecular formula is C19H17ClN2O6. The van der Waals surface area contributed by atoms with Crippen LogP contribution in [0.3, 0.4) is 0 Å². The fraction of sp³-hybridized carbons (Fsp3) is 0.263. The van der Waals surface area contributed by atoms with E-state index in [1.807, 2.05) is 4.90 Å². The highest BCUT2D eigenvalue weighted by Crippen LogP contribution is 2.30. The quantitative estimate of drug-likeness (QED) is 0.315. The number of esters is 1. The number of nitrogens with zero attached hydrogens (tertiary/aromatic N) is 2. The number of nitro benzene ring substituents is 1. The molecule has 28 heavy (non-hydrogen) atoms. The van der Waals surface area contributed by atoms with E-state index in [1.165, 1.54) is 30.3 Å². The molecule has 9 heteroatoms. The number of morpholine rings is 1. The molecule has 146 valence electrons. The molecule has 0 spiro atoms. The fourth-order valence-electron chi connectivity index (χ4n) is 2.80. The number of ketones is 1. The first-order valence-corrected chi connectivity index (χ1v) is 8.90. The summed E-state index contributed by atoms with van der Waals surface area (Å²) in [6.45, 7) is 1.54. The summed E-state index contributed by atoms with van der Waals surface area (Å²) in [5.41, 5.74) is 0.584. The lowest BCUT2D eigenvalue weighted by atomic mass is 10.1. The lowest BCUT2D eigenvalue weighted by Crippen LogP contribution is -2.36. The van der Waals surface area contributed by atoms with E-state index in [1.54, 1.807) is 12.1 Å². The van der Waals surface area contributed by atoms with Gasteiger partial charge in [-0.15, -0.1) is 0 Å². The third-order valence-electron chi connectivity index (χ3n) is 4.26. The summed E-state index contributed by atoms with van der Waals surface area (Å²) in [7, 11) is 0. The molecule has 2 aromatic carbocycles. The van der Waals surface area contributed by atoms with Crippen LogP contribution in [0.5, 0.6) is 0 Å². The molecule has 1 heterocycles. The molecule has 1 saturated heterocycles. The molecule has 1 aliphatic rings. The number of anilines is 1. The number of halogens is 1. The van der Waals surface area contributed by atoms with E-state index in [0.717, 1.165) is 0 Å². The van der Waals surface area contributed by atoms with Gasteiger partial charge in [-0.3, -0.25) is 14.9 Å². The Morgan fingerprint density at radius 3 is 2.39 bits per heavy atom. The Kier molecular flexibility index (Phi) is 6.23. The third-order valence-corrected chi connectivity index (χ3v) is 4.51. The Labute approximate surface area is 165 Å². The van der Waals surface area contributed by atoms with Crippen molar-refractivity contribution in [1.29, 1.82) is 0 Å². The smallest absolute Gasteiger partial charge is 0.338 e. The summed E-state index contributed by atoms with van der Waals surface area (Å²) in [5, 5.41) is 11.9. The van der Waals surface area contributed by atoms with Gasteiger partial charge in [-0.1, -0.05) is 11.6 Å². The van der Waals surface area contributed by atoms with Gasteiger partial charge in [-0.2, -0.15) is 0 Å². The molecule has 1 aliphatic heterocycles. The normalized spacial score (nSPS) is 13.8. The van der Waals surface area contributed by atoms with Crippen molar-refractivity contribution >= 4 is 34.7 Å². The predicted molar refractivity (Wildman–Crippen MR) is 102 cm³/mol. The monoisotopic (exact) mass is 404 g/mol. The lowest BCUT2D eigenvalue weighted by Gasteiger charge is -2.28. The van der Waals surface area contributed by atoms with E-state index >= 15 is 0 Å². The first-order valence-electron chi connectivity index (χ1n) is 8.53. The zero-order valence-electron chi connectivity index (χ0n) is 14.8. The van der Waals surface area contributed by atoms with Gasteiger partial charge in [0, 0.05) is 29.7 Å². The van der Waals surface area contributed by atoms with E-state index < -0.39 is 23.3 Å². The van der Waals surface area contributed by atoms with Crippen molar-refractivity contribution in [3.63, 3.8) is 0 Å². The van der Waals surface area contributed by atoms with Crippen molar-refractivity contribution in [3.05, 3.63) is 68.7 Å². The van der Waals surface area contributed by atoms with E-state index in [-0.39, 0.29) is 11.3 Å². The second-order valence-electron chi connectivity index (χ2n) is 6.07. The van der Waals surface area contributed by atoms with Gasteiger partial charge in [0.1, 0.15) is 5.69 Å². The van der Waals surface area contributed by atoms with Gasteiger partial charge in [0.2, 0.25) is 0 Å². The van der Waals surface area contributed by atoms with Crippen molar-refractivity contribution in [2.75, 3.05) is 37.8 Å². The lowest BCUT2D eigenvalue weighted by molar-refractivity contribution is -0.384. The highest BCUT2D eigenvalue weighted by atomic mass is 35.5. The summed E-state index contributed by atoms with van der Waals surface area (Å²) in [6, 6.07) is 10.3. The van der Waals surface area contributed by atoms with Crippen molar-refractivity contribution in [3.8, 4) is 0 Å². The van der Waals surface area contributed by atoms with Crippen LogP contribution in [-0.4, -0.2) is 49.6 Å². The van der Waals surface area contributed by atoms with Gasteiger partial charge in [-0.25, -0.2) is 4.79 Å². The van der Waals surface area contributed by atoms with Crippen molar-refractivity contribution in [2.24, 2.45) is 0 Å². The maximum absolute atomic E-state index is 12.2. The summed E-state index contributed by atoms with van der Waals surface area (Å²) < 4.78 is 10.3. The van der Waals surface area contributed by atoms with Crippen molar-refractivity contribution in [1.82, 2.24) is 0 Å². The summed E-state index contributed by atoms with van der Waals surface area (Å²) in [5.74, 6) is -1.21. The number of ether oxygens (including phenoxy) is 2. The van der Waals surface area contributed by atoms with E-state index in [9.17, 15) is 19.7 Å². The average molecular weight is 405 g/mol. The minimum absolute atomic E-state index is 0.00705.